The van der Waals surface area contributed by atoms with E-state index in [1.54, 1.807) is 0 Å². The van der Waals surface area contributed by atoms with Crippen LogP contribution >= 0.6 is 0 Å². The molecule has 3 nitrogen and oxygen atoms in total. The summed E-state index contributed by atoms with van der Waals surface area (Å²) in [7, 11) is 0. The Kier molecular flexibility index (Phi) is 2.71. The van der Waals surface area contributed by atoms with E-state index in [-0.39, 0.29) is 0 Å². The highest BCUT2D eigenvalue weighted by atomic mass is 15.2. The van der Waals surface area contributed by atoms with Crippen molar-refractivity contribution in [3.63, 3.8) is 0 Å². The number of nitrogens with zero attached hydrogens (tertiary/aromatic N) is 2. The highest BCUT2D eigenvalue weighted by molar-refractivity contribution is 5.42. The van der Waals surface area contributed by atoms with E-state index in [0.717, 1.165) is 17.7 Å². The number of rotatable bonds is 1. The van der Waals surface area contributed by atoms with Gasteiger partial charge in [0.05, 0.1) is 0 Å². The number of pyridine rings is 1. The molecule has 3 heteroatoms. The molecule has 1 N–H and O–H groups in total. The lowest BCUT2D eigenvalue weighted by Gasteiger charge is -2.18. The zero-order chi connectivity index (χ0) is 10.8. The number of nitrogens with one attached hydrogen (secondary N) is 1. The Hall–Kier alpha value is -1.38. The van der Waals surface area contributed by atoms with Crippen molar-refractivity contribution in [2.75, 3.05) is 18.0 Å². The van der Waals surface area contributed by atoms with Gasteiger partial charge in [-0.25, -0.2) is 4.98 Å². The molecular formula is C12H17N3. The SMILES string of the molecule is C=N.Cc1ccc(N2CC3CC3C2)nc1. The van der Waals surface area contributed by atoms with Gasteiger partial charge in [0, 0.05) is 19.3 Å². The van der Waals surface area contributed by atoms with Crippen LogP contribution in [-0.2, 0) is 0 Å². The molecule has 3 rings (SSSR count). The number of aryl methyl sites for hydroxylation is 1. The second-order valence-corrected chi connectivity index (χ2v) is 4.35. The lowest BCUT2D eigenvalue weighted by Crippen LogP contribution is -2.22. The highest BCUT2D eigenvalue weighted by Crippen LogP contribution is 2.45. The van der Waals surface area contributed by atoms with Gasteiger partial charge >= 0.3 is 0 Å². The zero-order valence-electron chi connectivity index (χ0n) is 9.11. The molecule has 2 aliphatic rings. The normalized spacial score (nSPS) is 26.6. The fourth-order valence-corrected chi connectivity index (χ4v) is 2.23. The number of aromatic nitrogens is 1. The number of anilines is 1. The quantitative estimate of drug-likeness (QED) is 0.710. The van der Waals surface area contributed by atoms with E-state index in [0.29, 0.717) is 0 Å². The molecule has 80 valence electrons. The van der Waals surface area contributed by atoms with Crippen molar-refractivity contribution < 1.29 is 0 Å². The maximum Gasteiger partial charge on any atom is 0.128 e. The first-order valence-corrected chi connectivity index (χ1v) is 5.36. The molecule has 0 spiro atoms. The lowest BCUT2D eigenvalue weighted by molar-refractivity contribution is 0.805. The Labute approximate surface area is 90.6 Å². The molecule has 1 aliphatic carbocycles. The van der Waals surface area contributed by atoms with E-state index in [1.165, 1.54) is 25.1 Å². The Morgan fingerprint density at radius 2 is 2.00 bits per heavy atom. The maximum absolute atomic E-state index is 5.50. The first kappa shape index (κ1) is 10.1. The van der Waals surface area contributed by atoms with E-state index in [9.17, 15) is 0 Å². The first-order chi connectivity index (χ1) is 7.33. The Balaban J connectivity index is 0.000000404. The van der Waals surface area contributed by atoms with Gasteiger partial charge in [-0.1, -0.05) is 6.07 Å². The number of piperidine rings is 1. The standard InChI is InChI=1S/C11H14N2.CH3N/c1-8-2-3-11(12-5-8)13-6-9-4-10(9)7-13;1-2/h2-3,5,9-10H,4,6-7H2,1H3;2H,1H2. The molecule has 2 fully saturated rings. The molecule has 1 saturated heterocycles. The van der Waals surface area contributed by atoms with E-state index in [1.807, 2.05) is 6.20 Å². The first-order valence-electron chi connectivity index (χ1n) is 5.36. The average molecular weight is 203 g/mol. The van der Waals surface area contributed by atoms with Gasteiger partial charge in [0.15, 0.2) is 0 Å². The van der Waals surface area contributed by atoms with Crippen LogP contribution in [0.5, 0.6) is 0 Å². The van der Waals surface area contributed by atoms with Crippen molar-refractivity contribution >= 4 is 12.5 Å². The van der Waals surface area contributed by atoms with Crippen LogP contribution in [0.3, 0.4) is 0 Å². The second kappa shape index (κ2) is 4.01. The summed E-state index contributed by atoms with van der Waals surface area (Å²) in [6, 6.07) is 4.28. The third-order valence-electron chi connectivity index (χ3n) is 3.20. The number of fused-ring (bicyclic) bond motifs is 1. The van der Waals surface area contributed by atoms with Gasteiger partial charge in [-0.2, -0.15) is 0 Å². The van der Waals surface area contributed by atoms with Crippen molar-refractivity contribution in [3.8, 4) is 0 Å². The van der Waals surface area contributed by atoms with Crippen LogP contribution in [0.4, 0.5) is 5.82 Å². The van der Waals surface area contributed by atoms with Gasteiger partial charge < -0.3 is 10.3 Å². The summed E-state index contributed by atoms with van der Waals surface area (Å²) >= 11 is 0. The van der Waals surface area contributed by atoms with Crippen molar-refractivity contribution in [2.45, 2.75) is 13.3 Å². The molecule has 0 aromatic carbocycles. The predicted octanol–water partition coefficient (Wildman–Crippen LogP) is 2.11. The molecule has 1 aromatic heterocycles. The smallest absolute Gasteiger partial charge is 0.128 e. The summed E-state index contributed by atoms with van der Waals surface area (Å²) in [6.07, 6.45) is 3.42. The summed E-state index contributed by atoms with van der Waals surface area (Å²) < 4.78 is 0. The van der Waals surface area contributed by atoms with Crippen LogP contribution in [0.25, 0.3) is 0 Å². The fourth-order valence-electron chi connectivity index (χ4n) is 2.23. The molecule has 0 radical (unpaired) electrons. The van der Waals surface area contributed by atoms with Crippen LogP contribution in [0.2, 0.25) is 0 Å². The van der Waals surface area contributed by atoms with E-state index >= 15 is 0 Å². The van der Waals surface area contributed by atoms with Gasteiger partial charge in [0.2, 0.25) is 0 Å². The third kappa shape index (κ3) is 2.01. The van der Waals surface area contributed by atoms with Crippen LogP contribution < -0.4 is 4.90 Å². The fraction of sp³-hybridized carbons (Fsp3) is 0.500. The molecule has 2 heterocycles. The monoisotopic (exact) mass is 203 g/mol. The average Bonchev–Trinajstić information content (AvgIpc) is 2.90. The topological polar surface area (TPSA) is 40.0 Å². The van der Waals surface area contributed by atoms with Gasteiger partial charge in [-0.3, -0.25) is 0 Å². The van der Waals surface area contributed by atoms with Crippen molar-refractivity contribution in [1.82, 2.24) is 4.98 Å². The molecule has 1 aliphatic heterocycles. The van der Waals surface area contributed by atoms with Crippen LogP contribution in [0, 0.1) is 24.2 Å². The minimum atomic E-state index is 0.989. The van der Waals surface area contributed by atoms with E-state index < -0.39 is 0 Å². The summed E-state index contributed by atoms with van der Waals surface area (Å²) in [6.45, 7) is 7.06. The van der Waals surface area contributed by atoms with Gasteiger partial charge in [-0.15, -0.1) is 0 Å². The molecule has 15 heavy (non-hydrogen) atoms. The molecule has 2 unspecified atom stereocenters. The second-order valence-electron chi connectivity index (χ2n) is 4.35. The van der Waals surface area contributed by atoms with Crippen LogP contribution in [0.1, 0.15) is 12.0 Å². The molecule has 2 atom stereocenters. The lowest BCUT2D eigenvalue weighted by atomic mass is 10.3. The summed E-state index contributed by atoms with van der Waals surface area (Å²) in [5, 5.41) is 5.50. The Morgan fingerprint density at radius 3 is 2.53 bits per heavy atom. The predicted molar refractivity (Wildman–Crippen MR) is 62.6 cm³/mol. The van der Waals surface area contributed by atoms with E-state index in [4.69, 9.17) is 5.41 Å². The van der Waals surface area contributed by atoms with Crippen LogP contribution in [0.15, 0.2) is 18.3 Å². The van der Waals surface area contributed by atoms with Crippen molar-refractivity contribution in [3.05, 3.63) is 23.9 Å². The molecule has 1 saturated carbocycles. The minimum absolute atomic E-state index is 0.989. The maximum atomic E-state index is 5.50. The third-order valence-corrected chi connectivity index (χ3v) is 3.20. The van der Waals surface area contributed by atoms with Crippen LogP contribution in [-0.4, -0.2) is 24.8 Å². The Morgan fingerprint density at radius 1 is 1.33 bits per heavy atom. The summed E-state index contributed by atoms with van der Waals surface area (Å²) in [4.78, 5) is 6.86. The van der Waals surface area contributed by atoms with Gasteiger partial charge in [0.25, 0.3) is 0 Å². The minimum Gasteiger partial charge on any atom is -0.356 e. The number of hydrogen-bond acceptors (Lipinski definition) is 3. The number of hydrogen-bond donors (Lipinski definition) is 1. The zero-order valence-corrected chi connectivity index (χ0v) is 9.11. The highest BCUT2D eigenvalue weighted by Gasteiger charge is 2.45. The molecular weight excluding hydrogens is 186 g/mol. The Bertz CT molecular complexity index is 323. The van der Waals surface area contributed by atoms with Crippen molar-refractivity contribution in [1.29, 1.82) is 5.41 Å². The van der Waals surface area contributed by atoms with Crippen molar-refractivity contribution in [2.24, 2.45) is 11.8 Å². The van der Waals surface area contributed by atoms with Gasteiger partial charge in [0.1, 0.15) is 5.82 Å². The largest absolute Gasteiger partial charge is 0.356 e. The summed E-state index contributed by atoms with van der Waals surface area (Å²) in [5.74, 6) is 3.14. The molecule has 1 aromatic rings. The van der Waals surface area contributed by atoms with Gasteiger partial charge in [-0.05, 0) is 43.5 Å². The molecule has 0 amide bonds. The summed E-state index contributed by atoms with van der Waals surface area (Å²) in [5.41, 5.74) is 1.24. The van der Waals surface area contributed by atoms with E-state index in [2.05, 4.69) is 35.7 Å². The molecule has 0 bridgehead atoms.